The maximum atomic E-state index is 12.9. The molecule has 134 valence electrons. The summed E-state index contributed by atoms with van der Waals surface area (Å²) in [5.74, 6) is -1.27. The Morgan fingerprint density at radius 3 is 2.38 bits per heavy atom. The van der Waals surface area contributed by atoms with Crippen LogP contribution in [0.4, 0.5) is 0 Å². The van der Waals surface area contributed by atoms with E-state index in [0.717, 1.165) is 9.48 Å². The van der Waals surface area contributed by atoms with Gasteiger partial charge in [0.2, 0.25) is 0 Å². The smallest absolute Gasteiger partial charge is 0.354 e. The highest BCUT2D eigenvalue weighted by Gasteiger charge is 2.48. The number of ether oxygens (including phenoxy) is 1. The Balaban J connectivity index is 2.05. The van der Waals surface area contributed by atoms with Crippen LogP contribution in [0.1, 0.15) is 22.3 Å². The minimum absolute atomic E-state index is 0.0415. The average Bonchev–Trinajstić information content (AvgIpc) is 3.00. The molecule has 1 aliphatic heterocycles. The van der Waals surface area contributed by atoms with E-state index in [2.05, 4.69) is 25.8 Å². The maximum absolute atomic E-state index is 12.9. The second-order valence-corrected chi connectivity index (χ2v) is 7.01. The van der Waals surface area contributed by atoms with Gasteiger partial charge < -0.3 is 9.84 Å². The van der Waals surface area contributed by atoms with Gasteiger partial charge in [0, 0.05) is 20.6 Å². The molecule has 0 radical (unpaired) electrons. The third-order valence-corrected chi connectivity index (χ3v) is 4.78. The molecule has 1 atom stereocenters. The summed E-state index contributed by atoms with van der Waals surface area (Å²) >= 11 is 9.19. The van der Waals surface area contributed by atoms with Gasteiger partial charge in [-0.1, -0.05) is 39.7 Å². The van der Waals surface area contributed by atoms with E-state index in [1.165, 1.54) is 19.2 Å². The first-order valence-corrected chi connectivity index (χ1v) is 8.76. The van der Waals surface area contributed by atoms with Crippen LogP contribution in [0.25, 0.3) is 0 Å². The molecule has 0 aliphatic carbocycles. The van der Waals surface area contributed by atoms with Crippen LogP contribution in [0.5, 0.6) is 0 Å². The van der Waals surface area contributed by atoms with E-state index in [-0.39, 0.29) is 17.7 Å². The highest BCUT2D eigenvalue weighted by Crippen LogP contribution is 2.37. The molecule has 3 rings (SSSR count). The largest absolute Gasteiger partial charge is 0.464 e. The number of rotatable bonds is 3. The maximum Gasteiger partial charge on any atom is 0.354 e. The summed E-state index contributed by atoms with van der Waals surface area (Å²) in [7, 11) is 1.22. The molecule has 26 heavy (non-hydrogen) atoms. The minimum atomic E-state index is -1.80. The lowest BCUT2D eigenvalue weighted by atomic mass is 9.97. The van der Waals surface area contributed by atoms with Crippen LogP contribution >= 0.6 is 27.5 Å². The molecule has 1 aliphatic rings. The number of esters is 1. The van der Waals surface area contributed by atoms with E-state index in [9.17, 15) is 14.7 Å². The molecule has 0 bridgehead atoms. The molecule has 2 aromatic rings. The summed E-state index contributed by atoms with van der Waals surface area (Å²) in [5, 5.41) is 16.7. The van der Waals surface area contributed by atoms with Crippen molar-refractivity contribution in [1.82, 2.24) is 5.01 Å². The van der Waals surface area contributed by atoms with Gasteiger partial charge in [0.1, 0.15) is 0 Å². The van der Waals surface area contributed by atoms with E-state index >= 15 is 0 Å². The summed E-state index contributed by atoms with van der Waals surface area (Å²) in [6, 6.07) is 13.0. The fourth-order valence-corrected chi connectivity index (χ4v) is 3.04. The Kier molecular flexibility index (Phi) is 5.13. The number of carbonyl (C=O) groups excluding carboxylic acids is 2. The lowest BCUT2D eigenvalue weighted by molar-refractivity contribution is -0.133. The van der Waals surface area contributed by atoms with Crippen LogP contribution in [0.3, 0.4) is 0 Å². The van der Waals surface area contributed by atoms with Crippen LogP contribution in [0.15, 0.2) is 58.1 Å². The normalized spacial score (nSPS) is 19.2. The molecule has 0 spiro atoms. The zero-order chi connectivity index (χ0) is 18.9. The van der Waals surface area contributed by atoms with Gasteiger partial charge in [-0.25, -0.2) is 4.79 Å². The molecule has 1 amide bonds. The third kappa shape index (κ3) is 3.38. The predicted octanol–water partition coefficient (Wildman–Crippen LogP) is 3.32. The lowest BCUT2D eigenvalue weighted by Gasteiger charge is -2.31. The number of nitrogens with zero attached hydrogens (tertiary/aromatic N) is 2. The van der Waals surface area contributed by atoms with E-state index in [1.54, 1.807) is 36.4 Å². The van der Waals surface area contributed by atoms with Crippen molar-refractivity contribution in [1.29, 1.82) is 0 Å². The van der Waals surface area contributed by atoms with Crippen molar-refractivity contribution < 1.29 is 19.4 Å². The van der Waals surface area contributed by atoms with Crippen molar-refractivity contribution in [3.63, 3.8) is 0 Å². The number of methoxy groups -OCH3 is 1. The zero-order valence-corrected chi connectivity index (χ0v) is 16.0. The van der Waals surface area contributed by atoms with Crippen molar-refractivity contribution in [2.45, 2.75) is 12.1 Å². The Labute approximate surface area is 163 Å². The lowest BCUT2D eigenvalue weighted by Crippen LogP contribution is -2.43. The molecule has 8 heteroatoms. The number of carbonyl (C=O) groups is 2. The highest BCUT2D eigenvalue weighted by atomic mass is 79.9. The number of hydrogen-bond donors (Lipinski definition) is 1. The molecule has 1 N–H and O–H groups in total. The van der Waals surface area contributed by atoms with Crippen LogP contribution in [-0.4, -0.2) is 34.8 Å². The van der Waals surface area contributed by atoms with E-state index in [4.69, 9.17) is 11.6 Å². The molecule has 0 saturated heterocycles. The van der Waals surface area contributed by atoms with Gasteiger partial charge in [-0.05, 0) is 36.4 Å². The number of amides is 1. The SMILES string of the molecule is COC(=O)C1=NN(C(=O)c2ccc(Cl)cc2)[C@](O)(c2ccc(Br)cc2)C1. The Hall–Kier alpha value is -2.22. The first-order valence-electron chi connectivity index (χ1n) is 7.59. The van der Waals surface area contributed by atoms with Gasteiger partial charge in [0.25, 0.3) is 5.91 Å². The van der Waals surface area contributed by atoms with Gasteiger partial charge >= 0.3 is 5.97 Å². The molecule has 0 unspecified atom stereocenters. The molecule has 2 aromatic carbocycles. The van der Waals surface area contributed by atoms with Gasteiger partial charge in [0.15, 0.2) is 11.4 Å². The fraction of sp³-hybridized carbons (Fsp3) is 0.167. The fourth-order valence-electron chi connectivity index (χ4n) is 2.65. The first kappa shape index (κ1) is 18.6. The van der Waals surface area contributed by atoms with Crippen LogP contribution in [0.2, 0.25) is 5.02 Å². The second kappa shape index (κ2) is 7.19. The Morgan fingerprint density at radius 2 is 1.81 bits per heavy atom. The van der Waals surface area contributed by atoms with Crippen molar-refractivity contribution in [2.75, 3.05) is 7.11 Å². The summed E-state index contributed by atoms with van der Waals surface area (Å²) < 4.78 is 5.50. The number of benzene rings is 2. The highest BCUT2D eigenvalue weighted by molar-refractivity contribution is 9.10. The van der Waals surface area contributed by atoms with Crippen LogP contribution in [-0.2, 0) is 15.3 Å². The second-order valence-electron chi connectivity index (χ2n) is 5.66. The van der Waals surface area contributed by atoms with Crippen LogP contribution in [0, 0.1) is 0 Å². The summed E-state index contributed by atoms with van der Waals surface area (Å²) in [5.41, 5.74) is -1.15. The molecular formula is C18H14BrClN2O4. The molecular weight excluding hydrogens is 424 g/mol. The van der Waals surface area contributed by atoms with E-state index in [1.807, 2.05) is 0 Å². The molecule has 0 fully saturated rings. The molecule has 6 nitrogen and oxygen atoms in total. The van der Waals surface area contributed by atoms with E-state index < -0.39 is 17.6 Å². The molecule has 1 heterocycles. The van der Waals surface area contributed by atoms with Crippen molar-refractivity contribution in [3.8, 4) is 0 Å². The predicted molar refractivity (Wildman–Crippen MR) is 99.7 cm³/mol. The first-order chi connectivity index (χ1) is 12.3. The standard InChI is InChI=1S/C18H14BrClN2O4/c1-26-17(24)15-10-18(25,12-4-6-13(19)7-5-12)22(21-15)16(23)11-2-8-14(20)9-3-11/h2-9,25H,10H2,1H3/t18-/m1/s1. The molecule has 0 aromatic heterocycles. The van der Waals surface area contributed by atoms with E-state index in [0.29, 0.717) is 10.6 Å². The summed E-state index contributed by atoms with van der Waals surface area (Å²) in [6.45, 7) is 0. The summed E-state index contributed by atoms with van der Waals surface area (Å²) in [4.78, 5) is 24.8. The Bertz CT molecular complexity index is 883. The zero-order valence-electron chi connectivity index (χ0n) is 13.6. The number of aliphatic hydroxyl groups is 1. The summed E-state index contributed by atoms with van der Waals surface area (Å²) in [6.07, 6.45) is -0.180. The van der Waals surface area contributed by atoms with Crippen molar-refractivity contribution >= 4 is 45.1 Å². The van der Waals surface area contributed by atoms with Gasteiger partial charge in [-0.15, -0.1) is 0 Å². The number of hydrogen-bond acceptors (Lipinski definition) is 5. The average molecular weight is 438 g/mol. The monoisotopic (exact) mass is 436 g/mol. The third-order valence-electron chi connectivity index (χ3n) is 4.00. The molecule has 0 saturated carbocycles. The van der Waals surface area contributed by atoms with Gasteiger partial charge in [0.05, 0.1) is 13.5 Å². The van der Waals surface area contributed by atoms with Crippen molar-refractivity contribution in [3.05, 3.63) is 69.2 Å². The minimum Gasteiger partial charge on any atom is -0.464 e. The van der Waals surface area contributed by atoms with Crippen LogP contribution < -0.4 is 0 Å². The number of hydrazone groups is 1. The topological polar surface area (TPSA) is 79.2 Å². The Morgan fingerprint density at radius 1 is 1.19 bits per heavy atom. The van der Waals surface area contributed by atoms with Gasteiger partial charge in [-0.2, -0.15) is 10.1 Å². The van der Waals surface area contributed by atoms with Crippen molar-refractivity contribution in [2.24, 2.45) is 5.10 Å². The van der Waals surface area contributed by atoms with Gasteiger partial charge in [-0.3, -0.25) is 4.79 Å². The quantitative estimate of drug-likeness (QED) is 0.747. The number of halogens is 2.